The van der Waals surface area contributed by atoms with Crippen molar-refractivity contribution in [1.29, 1.82) is 0 Å². The average molecular weight is 495 g/mol. The lowest BCUT2D eigenvalue weighted by Gasteiger charge is -2.13. The van der Waals surface area contributed by atoms with Crippen molar-refractivity contribution in [2.45, 2.75) is 6.61 Å². The minimum Gasteiger partial charge on any atom is -0.493 e. The summed E-state index contributed by atoms with van der Waals surface area (Å²) in [5.74, 6) is 1.02. The number of nitrogens with one attached hydrogen (secondary N) is 1. The van der Waals surface area contributed by atoms with Crippen molar-refractivity contribution < 1.29 is 14.3 Å². The van der Waals surface area contributed by atoms with Gasteiger partial charge < -0.3 is 14.8 Å². The van der Waals surface area contributed by atoms with Crippen molar-refractivity contribution in [2.24, 2.45) is 4.99 Å². The van der Waals surface area contributed by atoms with Crippen LogP contribution in [0.5, 0.6) is 11.5 Å². The van der Waals surface area contributed by atoms with Gasteiger partial charge in [-0.2, -0.15) is 0 Å². The number of rotatable bonds is 6. The Morgan fingerprint density at radius 2 is 1.77 bits per heavy atom. The maximum Gasteiger partial charge on any atom is 0.264 e. The molecular weight excluding hydrogens is 476 g/mol. The number of halogens is 1. The second kappa shape index (κ2) is 9.85. The Balaban J connectivity index is 1.54. The smallest absolute Gasteiger partial charge is 0.264 e. The summed E-state index contributed by atoms with van der Waals surface area (Å²) in [5, 5.41) is 3.36. The highest BCUT2D eigenvalue weighted by molar-refractivity contribution is 9.10. The van der Waals surface area contributed by atoms with Crippen LogP contribution in [-0.2, 0) is 11.4 Å². The lowest BCUT2D eigenvalue weighted by atomic mass is 10.2. The van der Waals surface area contributed by atoms with Crippen molar-refractivity contribution in [2.75, 3.05) is 7.11 Å². The highest BCUT2D eigenvalue weighted by Crippen LogP contribution is 2.38. The number of methoxy groups -OCH3 is 1. The fourth-order valence-electron chi connectivity index (χ4n) is 2.94. The monoisotopic (exact) mass is 494 g/mol. The largest absolute Gasteiger partial charge is 0.493 e. The van der Waals surface area contributed by atoms with E-state index in [1.54, 1.807) is 7.11 Å². The van der Waals surface area contributed by atoms with E-state index in [-0.39, 0.29) is 5.91 Å². The molecule has 3 aromatic rings. The zero-order valence-corrected chi connectivity index (χ0v) is 19.1. The number of carbonyl (C=O) groups excluding carboxylic acids is 1. The second-order valence-electron chi connectivity index (χ2n) is 6.63. The van der Waals surface area contributed by atoms with Crippen LogP contribution < -0.4 is 14.8 Å². The van der Waals surface area contributed by atoms with E-state index in [4.69, 9.17) is 9.47 Å². The van der Waals surface area contributed by atoms with Gasteiger partial charge >= 0.3 is 0 Å². The lowest BCUT2D eigenvalue weighted by molar-refractivity contribution is -0.115. The highest BCUT2D eigenvalue weighted by atomic mass is 79.9. The van der Waals surface area contributed by atoms with Crippen molar-refractivity contribution in [3.63, 3.8) is 0 Å². The molecule has 0 radical (unpaired) electrons. The van der Waals surface area contributed by atoms with Gasteiger partial charge in [0.1, 0.15) is 6.61 Å². The Kier molecular flexibility index (Phi) is 6.74. The number of para-hydroxylation sites is 1. The highest BCUT2D eigenvalue weighted by Gasteiger charge is 2.24. The molecule has 1 saturated heterocycles. The quantitative estimate of drug-likeness (QED) is 0.431. The van der Waals surface area contributed by atoms with Gasteiger partial charge in [-0.3, -0.25) is 4.79 Å². The number of benzene rings is 3. The van der Waals surface area contributed by atoms with Crippen LogP contribution in [0.25, 0.3) is 6.08 Å². The normalized spacial score (nSPS) is 15.9. The van der Waals surface area contributed by atoms with Gasteiger partial charge in [-0.25, -0.2) is 4.99 Å². The number of nitrogens with zero attached hydrogens (tertiary/aromatic N) is 1. The standard InChI is InChI=1S/C24H19BrN2O3S/c1-29-20-13-17(12-19(25)22(20)30-15-16-8-4-2-5-9-16)14-21-23(28)27-24(31-21)26-18-10-6-3-7-11-18/h2-14H,15H2,1H3,(H,26,27,28)/b21-14-. The van der Waals surface area contributed by atoms with Gasteiger partial charge in [0.2, 0.25) is 0 Å². The predicted octanol–water partition coefficient (Wildman–Crippen LogP) is 5.93. The van der Waals surface area contributed by atoms with Crippen LogP contribution in [-0.4, -0.2) is 18.2 Å². The zero-order valence-electron chi connectivity index (χ0n) is 16.7. The Morgan fingerprint density at radius 1 is 1.06 bits per heavy atom. The van der Waals surface area contributed by atoms with E-state index in [9.17, 15) is 4.79 Å². The summed E-state index contributed by atoms with van der Waals surface area (Å²) in [7, 11) is 1.59. The van der Waals surface area contributed by atoms with Gasteiger partial charge in [0.05, 0.1) is 22.2 Å². The van der Waals surface area contributed by atoms with Crippen LogP contribution in [0.4, 0.5) is 5.69 Å². The molecule has 1 heterocycles. The molecule has 31 heavy (non-hydrogen) atoms. The van der Waals surface area contributed by atoms with E-state index in [0.29, 0.717) is 28.2 Å². The van der Waals surface area contributed by atoms with Crippen molar-refractivity contribution >= 4 is 50.5 Å². The van der Waals surface area contributed by atoms with Crippen molar-refractivity contribution in [3.8, 4) is 11.5 Å². The number of thioether (sulfide) groups is 1. The summed E-state index contributed by atoms with van der Waals surface area (Å²) in [5.41, 5.74) is 2.66. The number of amidine groups is 1. The van der Waals surface area contributed by atoms with Crippen LogP contribution in [0, 0.1) is 0 Å². The summed E-state index contributed by atoms with van der Waals surface area (Å²) in [6.45, 7) is 0.424. The van der Waals surface area contributed by atoms with Gasteiger partial charge in [-0.05, 0) is 69.2 Å². The van der Waals surface area contributed by atoms with Crippen LogP contribution >= 0.6 is 27.7 Å². The molecule has 0 spiro atoms. The van der Waals surface area contributed by atoms with Crippen LogP contribution in [0.15, 0.2) is 87.2 Å². The zero-order chi connectivity index (χ0) is 21.6. The first-order valence-electron chi connectivity index (χ1n) is 9.51. The van der Waals surface area contributed by atoms with Gasteiger partial charge in [-0.15, -0.1) is 0 Å². The number of amides is 1. The minimum absolute atomic E-state index is 0.181. The molecule has 1 fully saturated rings. The fraction of sp³-hybridized carbons (Fsp3) is 0.0833. The molecule has 1 aliphatic heterocycles. The van der Waals surface area contributed by atoms with Crippen molar-refractivity contribution in [3.05, 3.63) is 93.3 Å². The van der Waals surface area contributed by atoms with E-state index < -0.39 is 0 Å². The molecule has 0 bridgehead atoms. The molecule has 7 heteroatoms. The van der Waals surface area contributed by atoms with E-state index in [2.05, 4.69) is 26.2 Å². The van der Waals surface area contributed by atoms with Crippen molar-refractivity contribution in [1.82, 2.24) is 5.32 Å². The Hall–Kier alpha value is -3.03. The van der Waals surface area contributed by atoms with Gasteiger partial charge in [0, 0.05) is 0 Å². The molecule has 5 nitrogen and oxygen atoms in total. The number of hydrogen-bond donors (Lipinski definition) is 1. The average Bonchev–Trinajstić information content (AvgIpc) is 3.12. The van der Waals surface area contributed by atoms with Gasteiger partial charge in [0.25, 0.3) is 5.91 Å². The molecule has 1 amide bonds. The SMILES string of the molecule is COc1cc(/C=C2\SC(=Nc3ccccc3)NC2=O)cc(Br)c1OCc1ccccc1. The molecule has 156 valence electrons. The number of ether oxygens (including phenoxy) is 2. The molecule has 0 saturated carbocycles. The maximum absolute atomic E-state index is 12.4. The first kappa shape index (κ1) is 21.2. The second-order valence-corrected chi connectivity index (χ2v) is 8.51. The summed E-state index contributed by atoms with van der Waals surface area (Å²) < 4.78 is 12.3. The van der Waals surface area contributed by atoms with E-state index in [1.807, 2.05) is 78.9 Å². The maximum atomic E-state index is 12.4. The minimum atomic E-state index is -0.181. The fourth-order valence-corrected chi connectivity index (χ4v) is 4.36. The van der Waals surface area contributed by atoms with E-state index in [1.165, 1.54) is 11.8 Å². The Labute approximate surface area is 193 Å². The predicted molar refractivity (Wildman–Crippen MR) is 129 cm³/mol. The molecule has 4 rings (SSSR count). The van der Waals surface area contributed by atoms with E-state index in [0.717, 1.165) is 21.3 Å². The lowest BCUT2D eigenvalue weighted by Crippen LogP contribution is -2.19. The number of aliphatic imine (C=N–C) groups is 1. The first-order valence-corrected chi connectivity index (χ1v) is 11.1. The van der Waals surface area contributed by atoms with E-state index >= 15 is 0 Å². The summed E-state index contributed by atoms with van der Waals surface area (Å²) in [4.78, 5) is 17.4. The third-order valence-corrected chi connectivity index (χ3v) is 5.91. The first-order chi connectivity index (χ1) is 15.1. The van der Waals surface area contributed by atoms with Crippen LogP contribution in [0.2, 0.25) is 0 Å². The molecular formula is C24H19BrN2O3S. The number of carbonyl (C=O) groups is 1. The number of hydrogen-bond acceptors (Lipinski definition) is 5. The van der Waals surface area contributed by atoms with Crippen LogP contribution in [0.1, 0.15) is 11.1 Å². The summed E-state index contributed by atoms with van der Waals surface area (Å²) in [6, 6.07) is 23.2. The summed E-state index contributed by atoms with van der Waals surface area (Å²) >= 11 is 4.87. The molecule has 0 atom stereocenters. The van der Waals surface area contributed by atoms with Gasteiger partial charge in [0.15, 0.2) is 16.7 Å². The summed E-state index contributed by atoms with van der Waals surface area (Å²) in [6.07, 6.45) is 1.81. The Morgan fingerprint density at radius 3 is 2.48 bits per heavy atom. The third kappa shape index (κ3) is 5.37. The van der Waals surface area contributed by atoms with Gasteiger partial charge in [-0.1, -0.05) is 48.5 Å². The van der Waals surface area contributed by atoms with Crippen LogP contribution in [0.3, 0.4) is 0 Å². The molecule has 1 N–H and O–H groups in total. The third-order valence-electron chi connectivity index (χ3n) is 4.41. The molecule has 1 aliphatic rings. The molecule has 0 aromatic heterocycles. The molecule has 0 unspecified atom stereocenters. The Bertz CT molecular complexity index is 1150. The molecule has 3 aromatic carbocycles. The molecule has 0 aliphatic carbocycles. The topological polar surface area (TPSA) is 59.9 Å².